The first kappa shape index (κ1) is 15.6. The number of hydrogen-bond donors (Lipinski definition) is 0. The van der Waals surface area contributed by atoms with Crippen LogP contribution in [-0.2, 0) is 0 Å². The van der Waals surface area contributed by atoms with Crippen molar-refractivity contribution in [2.24, 2.45) is 5.41 Å². The van der Waals surface area contributed by atoms with Crippen molar-refractivity contribution in [3.63, 3.8) is 0 Å². The lowest BCUT2D eigenvalue weighted by Gasteiger charge is -2.27. The fourth-order valence-corrected chi connectivity index (χ4v) is 2.17. The Kier molecular flexibility index (Phi) is 5.88. The van der Waals surface area contributed by atoms with Crippen LogP contribution in [0.3, 0.4) is 0 Å². The highest BCUT2D eigenvalue weighted by Gasteiger charge is 2.19. The quantitative estimate of drug-likeness (QED) is 0.447. The molecule has 0 unspecified atom stereocenters. The molecule has 1 nitrogen and oxygen atoms in total. The summed E-state index contributed by atoms with van der Waals surface area (Å²) in [7, 11) is 0. The summed E-state index contributed by atoms with van der Waals surface area (Å²) in [6.45, 7) is 13.0. The first-order valence-electron chi connectivity index (χ1n) is 7.08. The second-order valence-corrected chi connectivity index (χ2v) is 5.57. The van der Waals surface area contributed by atoms with Gasteiger partial charge in [-0.05, 0) is 37.0 Å². The van der Waals surface area contributed by atoms with E-state index in [9.17, 15) is 0 Å². The number of para-hydroxylation sites is 1. The van der Waals surface area contributed by atoms with Crippen LogP contribution in [0.25, 0.3) is 0 Å². The van der Waals surface area contributed by atoms with Crippen LogP contribution in [0.4, 0.5) is 0 Å². The van der Waals surface area contributed by atoms with E-state index in [0.717, 1.165) is 12.2 Å². The lowest BCUT2D eigenvalue weighted by Crippen LogP contribution is -2.14. The fraction of sp³-hybridized carbons (Fsp3) is 0.444. The zero-order chi connectivity index (χ0) is 14.3. The van der Waals surface area contributed by atoms with E-state index in [1.54, 1.807) is 0 Å². The smallest absolute Gasteiger partial charge is 0.127 e. The predicted octanol–water partition coefficient (Wildman–Crippen LogP) is 5.74. The number of hydrogen-bond acceptors (Lipinski definition) is 1. The molecule has 0 spiro atoms. The van der Waals surface area contributed by atoms with Gasteiger partial charge in [-0.1, -0.05) is 64.0 Å². The molecule has 104 valence electrons. The van der Waals surface area contributed by atoms with Crippen LogP contribution in [0.2, 0.25) is 0 Å². The molecule has 0 saturated carbocycles. The van der Waals surface area contributed by atoms with Crippen LogP contribution in [0.5, 0.6) is 5.75 Å². The third-order valence-corrected chi connectivity index (χ3v) is 3.81. The van der Waals surface area contributed by atoms with Crippen LogP contribution in [0.1, 0.15) is 47.0 Å². The molecule has 0 radical (unpaired) electrons. The molecule has 0 atom stereocenters. The molecule has 0 fully saturated rings. The standard InChI is InChI=1S/C18H26O/c1-6-18(5,7-2)14-15(3)13-16(4)19-17-11-9-8-10-12-17/h8-13H,4,6-7,14H2,1-3,5H3/b15-13-. The van der Waals surface area contributed by atoms with Crippen molar-refractivity contribution < 1.29 is 4.74 Å². The molecule has 0 aliphatic rings. The Bertz CT molecular complexity index is 424. The number of rotatable bonds is 7. The van der Waals surface area contributed by atoms with Crippen molar-refractivity contribution in [2.75, 3.05) is 0 Å². The normalized spacial score (nSPS) is 12.3. The first-order valence-corrected chi connectivity index (χ1v) is 7.08. The largest absolute Gasteiger partial charge is 0.458 e. The molecule has 1 rings (SSSR count). The van der Waals surface area contributed by atoms with Gasteiger partial charge in [0.15, 0.2) is 0 Å². The third kappa shape index (κ3) is 5.34. The molecular formula is C18H26O. The molecule has 0 aromatic heterocycles. The average molecular weight is 258 g/mol. The number of ether oxygens (including phenoxy) is 1. The Morgan fingerprint density at radius 3 is 2.32 bits per heavy atom. The van der Waals surface area contributed by atoms with Gasteiger partial charge in [-0.2, -0.15) is 0 Å². The fourth-order valence-electron chi connectivity index (χ4n) is 2.17. The molecule has 19 heavy (non-hydrogen) atoms. The van der Waals surface area contributed by atoms with Gasteiger partial charge in [0.05, 0.1) is 0 Å². The maximum atomic E-state index is 5.70. The Morgan fingerprint density at radius 2 is 1.79 bits per heavy atom. The monoisotopic (exact) mass is 258 g/mol. The van der Waals surface area contributed by atoms with Crippen molar-refractivity contribution >= 4 is 0 Å². The Labute approximate surface area is 118 Å². The van der Waals surface area contributed by atoms with Crippen LogP contribution in [-0.4, -0.2) is 0 Å². The van der Waals surface area contributed by atoms with E-state index in [1.165, 1.54) is 18.4 Å². The summed E-state index contributed by atoms with van der Waals surface area (Å²) in [6.07, 6.45) is 5.54. The molecule has 1 aromatic rings. The van der Waals surface area contributed by atoms with Crippen LogP contribution in [0.15, 0.2) is 54.3 Å². The molecule has 0 aliphatic carbocycles. The molecule has 0 heterocycles. The minimum Gasteiger partial charge on any atom is -0.458 e. The predicted molar refractivity (Wildman–Crippen MR) is 83.3 cm³/mol. The van der Waals surface area contributed by atoms with Crippen molar-refractivity contribution in [3.8, 4) is 5.75 Å². The molecule has 1 heteroatoms. The van der Waals surface area contributed by atoms with Gasteiger partial charge in [0.25, 0.3) is 0 Å². The molecule has 0 bridgehead atoms. The summed E-state index contributed by atoms with van der Waals surface area (Å²) >= 11 is 0. The van der Waals surface area contributed by atoms with E-state index in [-0.39, 0.29) is 0 Å². The van der Waals surface area contributed by atoms with Gasteiger partial charge in [-0.15, -0.1) is 0 Å². The van der Waals surface area contributed by atoms with Gasteiger partial charge >= 0.3 is 0 Å². The van der Waals surface area contributed by atoms with Gasteiger partial charge < -0.3 is 4.74 Å². The van der Waals surface area contributed by atoms with Crippen molar-refractivity contribution in [2.45, 2.75) is 47.0 Å². The van der Waals surface area contributed by atoms with E-state index in [0.29, 0.717) is 11.2 Å². The average Bonchev–Trinajstić information content (AvgIpc) is 2.39. The van der Waals surface area contributed by atoms with E-state index in [4.69, 9.17) is 4.74 Å². The van der Waals surface area contributed by atoms with E-state index in [2.05, 4.69) is 40.3 Å². The van der Waals surface area contributed by atoms with E-state index >= 15 is 0 Å². The van der Waals surface area contributed by atoms with Gasteiger partial charge in [0, 0.05) is 0 Å². The Morgan fingerprint density at radius 1 is 1.21 bits per heavy atom. The SMILES string of the molecule is C=C(/C=C(/C)CC(C)(CC)CC)Oc1ccccc1. The van der Waals surface area contributed by atoms with Crippen molar-refractivity contribution in [1.29, 1.82) is 0 Å². The summed E-state index contributed by atoms with van der Waals surface area (Å²) < 4.78 is 5.70. The molecule has 1 aromatic carbocycles. The Hall–Kier alpha value is -1.50. The summed E-state index contributed by atoms with van der Waals surface area (Å²) in [5.41, 5.74) is 1.71. The minimum absolute atomic E-state index is 0.383. The highest BCUT2D eigenvalue weighted by molar-refractivity contribution is 5.26. The number of allylic oxidation sites excluding steroid dienone is 2. The lowest BCUT2D eigenvalue weighted by atomic mass is 9.79. The highest BCUT2D eigenvalue weighted by Crippen LogP contribution is 2.33. The van der Waals surface area contributed by atoms with Gasteiger partial charge in [0.1, 0.15) is 11.5 Å². The molecule has 0 N–H and O–H groups in total. The molecule has 0 saturated heterocycles. The summed E-state index contributed by atoms with van der Waals surface area (Å²) in [6, 6.07) is 9.78. The van der Waals surface area contributed by atoms with Gasteiger partial charge in [-0.25, -0.2) is 0 Å². The molecule has 0 amide bonds. The van der Waals surface area contributed by atoms with Crippen molar-refractivity contribution in [3.05, 3.63) is 54.3 Å². The van der Waals surface area contributed by atoms with Gasteiger partial charge in [-0.3, -0.25) is 0 Å². The Balaban J connectivity index is 2.61. The van der Waals surface area contributed by atoms with Crippen LogP contribution in [0, 0.1) is 5.41 Å². The maximum Gasteiger partial charge on any atom is 0.127 e. The summed E-state index contributed by atoms with van der Waals surface area (Å²) in [5, 5.41) is 0. The third-order valence-electron chi connectivity index (χ3n) is 3.81. The van der Waals surface area contributed by atoms with Crippen LogP contribution < -0.4 is 4.74 Å². The topological polar surface area (TPSA) is 9.23 Å². The second-order valence-electron chi connectivity index (χ2n) is 5.57. The second kappa shape index (κ2) is 7.18. The molecular weight excluding hydrogens is 232 g/mol. The zero-order valence-corrected chi connectivity index (χ0v) is 12.7. The highest BCUT2D eigenvalue weighted by atomic mass is 16.5. The van der Waals surface area contributed by atoms with E-state index in [1.807, 2.05) is 30.3 Å². The van der Waals surface area contributed by atoms with Gasteiger partial charge in [0.2, 0.25) is 0 Å². The minimum atomic E-state index is 0.383. The summed E-state index contributed by atoms with van der Waals surface area (Å²) in [4.78, 5) is 0. The lowest BCUT2D eigenvalue weighted by molar-refractivity contribution is 0.294. The summed E-state index contributed by atoms with van der Waals surface area (Å²) in [5.74, 6) is 1.54. The first-order chi connectivity index (χ1) is 8.99. The van der Waals surface area contributed by atoms with E-state index < -0.39 is 0 Å². The maximum absolute atomic E-state index is 5.70. The zero-order valence-electron chi connectivity index (χ0n) is 12.7. The number of benzene rings is 1. The van der Waals surface area contributed by atoms with Crippen molar-refractivity contribution in [1.82, 2.24) is 0 Å². The van der Waals surface area contributed by atoms with Crippen LogP contribution >= 0.6 is 0 Å². The molecule has 0 aliphatic heterocycles.